The van der Waals surface area contributed by atoms with E-state index in [1.807, 2.05) is 6.92 Å². The lowest BCUT2D eigenvalue weighted by molar-refractivity contribution is 0.379. The van der Waals surface area contributed by atoms with Gasteiger partial charge in [-0.3, -0.25) is 0 Å². The Hall–Kier alpha value is -2.18. The predicted octanol–water partition coefficient (Wildman–Crippen LogP) is 0.864. The van der Waals surface area contributed by atoms with Crippen LogP contribution in [0.25, 0.3) is 0 Å². The molecule has 0 saturated heterocycles. The molecular formula is C10H14N6O. The van der Waals surface area contributed by atoms with Crippen molar-refractivity contribution in [3.05, 3.63) is 24.0 Å². The molecule has 0 aliphatic rings. The molecule has 2 heterocycles. The minimum atomic E-state index is 0.593. The van der Waals surface area contributed by atoms with Gasteiger partial charge in [0.1, 0.15) is 5.82 Å². The first-order valence-corrected chi connectivity index (χ1v) is 5.30. The second-order valence-corrected chi connectivity index (χ2v) is 3.49. The van der Waals surface area contributed by atoms with Gasteiger partial charge in [0.2, 0.25) is 11.8 Å². The van der Waals surface area contributed by atoms with E-state index in [0.29, 0.717) is 24.8 Å². The fourth-order valence-electron chi connectivity index (χ4n) is 1.34. The van der Waals surface area contributed by atoms with Crippen LogP contribution in [0.2, 0.25) is 0 Å². The van der Waals surface area contributed by atoms with Gasteiger partial charge in [0.15, 0.2) is 6.33 Å². The highest BCUT2D eigenvalue weighted by molar-refractivity contribution is 5.46. The molecule has 0 aliphatic heterocycles. The molecule has 2 aromatic rings. The SMILES string of the molecule is CNc1ncc(C)c(NCCc2ncno2)n1. The van der Waals surface area contributed by atoms with Gasteiger partial charge in [-0.15, -0.1) is 0 Å². The molecule has 90 valence electrons. The molecule has 0 amide bonds. The zero-order valence-electron chi connectivity index (χ0n) is 9.77. The van der Waals surface area contributed by atoms with Gasteiger partial charge in [-0.2, -0.15) is 9.97 Å². The number of nitrogens with one attached hydrogen (secondary N) is 2. The average molecular weight is 234 g/mol. The van der Waals surface area contributed by atoms with Crippen LogP contribution < -0.4 is 10.6 Å². The predicted molar refractivity (Wildman–Crippen MR) is 62.8 cm³/mol. The highest BCUT2D eigenvalue weighted by Crippen LogP contribution is 2.11. The minimum absolute atomic E-state index is 0.593. The number of rotatable bonds is 5. The average Bonchev–Trinajstić information content (AvgIpc) is 2.84. The van der Waals surface area contributed by atoms with Crippen LogP contribution in [0, 0.1) is 6.92 Å². The van der Waals surface area contributed by atoms with Gasteiger partial charge in [-0.25, -0.2) is 4.98 Å². The van der Waals surface area contributed by atoms with E-state index in [4.69, 9.17) is 4.52 Å². The quantitative estimate of drug-likeness (QED) is 0.793. The number of anilines is 2. The number of aromatic nitrogens is 4. The van der Waals surface area contributed by atoms with Crippen LogP contribution in [0.5, 0.6) is 0 Å². The van der Waals surface area contributed by atoms with Crippen LogP contribution in [0.3, 0.4) is 0 Å². The number of aryl methyl sites for hydroxylation is 1. The normalized spacial score (nSPS) is 10.2. The van der Waals surface area contributed by atoms with Gasteiger partial charge >= 0.3 is 0 Å². The van der Waals surface area contributed by atoms with Crippen molar-refractivity contribution in [2.24, 2.45) is 0 Å². The zero-order chi connectivity index (χ0) is 12.1. The molecule has 17 heavy (non-hydrogen) atoms. The molecule has 0 saturated carbocycles. The summed E-state index contributed by atoms with van der Waals surface area (Å²) in [6.07, 6.45) is 3.83. The van der Waals surface area contributed by atoms with Crippen LogP contribution >= 0.6 is 0 Å². The maximum atomic E-state index is 4.90. The Kier molecular flexibility index (Phi) is 3.49. The Morgan fingerprint density at radius 3 is 2.94 bits per heavy atom. The molecule has 7 nitrogen and oxygen atoms in total. The fraction of sp³-hybridized carbons (Fsp3) is 0.400. The second kappa shape index (κ2) is 5.24. The Morgan fingerprint density at radius 1 is 1.35 bits per heavy atom. The molecule has 2 aromatic heterocycles. The monoisotopic (exact) mass is 234 g/mol. The molecular weight excluding hydrogens is 220 g/mol. The molecule has 0 fully saturated rings. The van der Waals surface area contributed by atoms with Crippen LogP contribution in [-0.4, -0.2) is 33.7 Å². The van der Waals surface area contributed by atoms with E-state index in [2.05, 4.69) is 30.7 Å². The Labute approximate surface area is 98.7 Å². The topological polar surface area (TPSA) is 88.8 Å². The lowest BCUT2D eigenvalue weighted by Crippen LogP contribution is -2.09. The molecule has 2 rings (SSSR count). The smallest absolute Gasteiger partial charge is 0.228 e. The molecule has 0 aliphatic carbocycles. The molecule has 0 aromatic carbocycles. The third-order valence-corrected chi connectivity index (χ3v) is 2.23. The summed E-state index contributed by atoms with van der Waals surface area (Å²) in [6.45, 7) is 2.64. The Bertz CT molecular complexity index is 470. The van der Waals surface area contributed by atoms with Crippen LogP contribution in [0.15, 0.2) is 17.0 Å². The third kappa shape index (κ3) is 2.90. The van der Waals surface area contributed by atoms with Crippen molar-refractivity contribution in [1.29, 1.82) is 0 Å². The van der Waals surface area contributed by atoms with Gasteiger partial charge in [0, 0.05) is 31.8 Å². The third-order valence-electron chi connectivity index (χ3n) is 2.23. The van der Waals surface area contributed by atoms with E-state index in [9.17, 15) is 0 Å². The van der Waals surface area contributed by atoms with E-state index in [-0.39, 0.29) is 0 Å². The summed E-state index contributed by atoms with van der Waals surface area (Å²) in [5.41, 5.74) is 0.995. The lowest BCUT2D eigenvalue weighted by atomic mass is 10.3. The van der Waals surface area contributed by atoms with Crippen molar-refractivity contribution >= 4 is 11.8 Å². The summed E-state index contributed by atoms with van der Waals surface area (Å²) in [5.74, 6) is 2.01. The van der Waals surface area contributed by atoms with E-state index >= 15 is 0 Å². The van der Waals surface area contributed by atoms with Crippen molar-refractivity contribution in [2.45, 2.75) is 13.3 Å². The standard InChI is InChI=1S/C10H14N6O/c1-7-5-13-10(11-2)16-9(7)12-4-3-8-14-6-15-17-8/h5-6H,3-4H2,1-2H3,(H2,11,12,13,16). The molecule has 0 radical (unpaired) electrons. The van der Waals surface area contributed by atoms with Crippen molar-refractivity contribution in [2.75, 3.05) is 24.2 Å². The summed E-state index contributed by atoms with van der Waals surface area (Å²) in [4.78, 5) is 12.4. The minimum Gasteiger partial charge on any atom is -0.369 e. The zero-order valence-corrected chi connectivity index (χ0v) is 9.77. The number of hydrogen-bond donors (Lipinski definition) is 2. The summed E-state index contributed by atoms with van der Waals surface area (Å²) >= 11 is 0. The highest BCUT2D eigenvalue weighted by Gasteiger charge is 2.03. The van der Waals surface area contributed by atoms with Crippen molar-refractivity contribution in [3.8, 4) is 0 Å². The second-order valence-electron chi connectivity index (χ2n) is 3.49. The maximum Gasteiger partial charge on any atom is 0.228 e. The van der Waals surface area contributed by atoms with Crippen molar-refractivity contribution in [1.82, 2.24) is 20.1 Å². The molecule has 0 atom stereocenters. The summed E-state index contributed by atoms with van der Waals surface area (Å²) in [7, 11) is 1.78. The molecule has 0 bridgehead atoms. The lowest BCUT2D eigenvalue weighted by Gasteiger charge is -2.08. The highest BCUT2D eigenvalue weighted by atomic mass is 16.5. The molecule has 0 spiro atoms. The van der Waals surface area contributed by atoms with Gasteiger partial charge in [-0.1, -0.05) is 5.16 Å². The fourth-order valence-corrected chi connectivity index (χ4v) is 1.34. The summed E-state index contributed by atoms with van der Waals surface area (Å²) in [6, 6.07) is 0. The number of nitrogens with zero attached hydrogens (tertiary/aromatic N) is 4. The number of hydrogen-bond acceptors (Lipinski definition) is 7. The largest absolute Gasteiger partial charge is 0.369 e. The van der Waals surface area contributed by atoms with Gasteiger partial charge < -0.3 is 15.2 Å². The van der Waals surface area contributed by atoms with E-state index in [0.717, 1.165) is 11.4 Å². The summed E-state index contributed by atoms with van der Waals surface area (Å²) < 4.78 is 4.90. The first-order valence-electron chi connectivity index (χ1n) is 5.30. The van der Waals surface area contributed by atoms with Gasteiger partial charge in [-0.05, 0) is 6.92 Å². The van der Waals surface area contributed by atoms with Crippen LogP contribution in [0.4, 0.5) is 11.8 Å². The van der Waals surface area contributed by atoms with Gasteiger partial charge in [0.05, 0.1) is 0 Å². The molecule has 2 N–H and O–H groups in total. The van der Waals surface area contributed by atoms with E-state index in [1.165, 1.54) is 6.33 Å². The Balaban J connectivity index is 1.94. The van der Waals surface area contributed by atoms with Crippen molar-refractivity contribution in [3.63, 3.8) is 0 Å². The first kappa shape index (κ1) is 11.3. The van der Waals surface area contributed by atoms with Gasteiger partial charge in [0.25, 0.3) is 0 Å². The molecule has 7 heteroatoms. The van der Waals surface area contributed by atoms with Crippen LogP contribution in [0.1, 0.15) is 11.5 Å². The van der Waals surface area contributed by atoms with E-state index < -0.39 is 0 Å². The first-order chi connectivity index (χ1) is 8.29. The molecule has 0 unspecified atom stereocenters. The van der Waals surface area contributed by atoms with E-state index in [1.54, 1.807) is 13.2 Å². The maximum absolute atomic E-state index is 4.90. The van der Waals surface area contributed by atoms with Crippen LogP contribution in [-0.2, 0) is 6.42 Å². The summed E-state index contributed by atoms with van der Waals surface area (Å²) in [5, 5.41) is 9.65. The Morgan fingerprint density at radius 2 is 2.24 bits per heavy atom. The van der Waals surface area contributed by atoms with Crippen molar-refractivity contribution < 1.29 is 4.52 Å².